The van der Waals surface area contributed by atoms with Gasteiger partial charge in [-0.15, -0.1) is 11.3 Å². The summed E-state index contributed by atoms with van der Waals surface area (Å²) in [5.41, 5.74) is 1.18. The summed E-state index contributed by atoms with van der Waals surface area (Å²) < 4.78 is 0. The Hall–Kier alpha value is -0.410. The number of nitrogens with zero attached hydrogens (tertiary/aromatic N) is 1. The number of thiazole rings is 1. The van der Waals surface area contributed by atoms with Crippen LogP contribution in [0.2, 0.25) is 0 Å². The third-order valence-corrected chi connectivity index (χ3v) is 4.30. The molecule has 0 aliphatic heterocycles. The van der Waals surface area contributed by atoms with Gasteiger partial charge in [0.15, 0.2) is 0 Å². The minimum Gasteiger partial charge on any atom is -0.306 e. The molecule has 0 saturated heterocycles. The van der Waals surface area contributed by atoms with Gasteiger partial charge in [-0.3, -0.25) is 0 Å². The SMILES string of the molecule is CCC(NC(C)c1sc(C)nc1C)C(C)C. The molecule has 0 aliphatic carbocycles. The molecule has 0 aliphatic rings. The Kier molecular flexibility index (Phi) is 4.93. The first-order valence-corrected chi connectivity index (χ1v) is 6.97. The van der Waals surface area contributed by atoms with E-state index < -0.39 is 0 Å². The van der Waals surface area contributed by atoms with E-state index in [0.717, 1.165) is 0 Å². The lowest BCUT2D eigenvalue weighted by atomic mass is 10.0. The predicted molar refractivity (Wildman–Crippen MR) is 72.1 cm³/mol. The third kappa shape index (κ3) is 3.29. The molecule has 16 heavy (non-hydrogen) atoms. The summed E-state index contributed by atoms with van der Waals surface area (Å²) in [4.78, 5) is 5.87. The Labute approximate surface area is 103 Å². The molecule has 2 nitrogen and oxygen atoms in total. The fourth-order valence-corrected chi connectivity index (χ4v) is 3.07. The van der Waals surface area contributed by atoms with Crippen LogP contribution in [0, 0.1) is 19.8 Å². The van der Waals surface area contributed by atoms with E-state index in [4.69, 9.17) is 0 Å². The van der Waals surface area contributed by atoms with Crippen molar-refractivity contribution in [3.05, 3.63) is 15.6 Å². The molecule has 0 spiro atoms. The van der Waals surface area contributed by atoms with Gasteiger partial charge < -0.3 is 5.32 Å². The first-order chi connectivity index (χ1) is 7.45. The highest BCUT2D eigenvalue weighted by Crippen LogP contribution is 2.25. The van der Waals surface area contributed by atoms with Gasteiger partial charge in [0.2, 0.25) is 0 Å². The van der Waals surface area contributed by atoms with Gasteiger partial charge in [0, 0.05) is 17.0 Å². The van der Waals surface area contributed by atoms with Crippen LogP contribution in [0.3, 0.4) is 0 Å². The maximum atomic E-state index is 4.49. The lowest BCUT2D eigenvalue weighted by Gasteiger charge is -2.25. The summed E-state index contributed by atoms with van der Waals surface area (Å²) in [5.74, 6) is 0.682. The number of hydrogen-bond donors (Lipinski definition) is 1. The molecule has 2 unspecified atom stereocenters. The van der Waals surface area contributed by atoms with Crippen LogP contribution in [0.25, 0.3) is 0 Å². The summed E-state index contributed by atoms with van der Waals surface area (Å²) in [7, 11) is 0. The molecule has 1 N–H and O–H groups in total. The maximum Gasteiger partial charge on any atom is 0.0900 e. The number of aromatic nitrogens is 1. The predicted octanol–water partition coefficient (Wildman–Crippen LogP) is 3.85. The van der Waals surface area contributed by atoms with Crippen molar-refractivity contribution in [3.63, 3.8) is 0 Å². The van der Waals surface area contributed by atoms with Gasteiger partial charge in [0.25, 0.3) is 0 Å². The van der Waals surface area contributed by atoms with Crippen LogP contribution in [0.4, 0.5) is 0 Å². The van der Waals surface area contributed by atoms with E-state index in [1.165, 1.54) is 22.0 Å². The Balaban J connectivity index is 2.71. The van der Waals surface area contributed by atoms with Crippen molar-refractivity contribution in [2.75, 3.05) is 0 Å². The van der Waals surface area contributed by atoms with Crippen LogP contribution in [-0.4, -0.2) is 11.0 Å². The highest BCUT2D eigenvalue weighted by Gasteiger charge is 2.18. The highest BCUT2D eigenvalue weighted by atomic mass is 32.1. The second-order valence-electron chi connectivity index (χ2n) is 4.83. The molecule has 0 saturated carbocycles. The normalized spacial score (nSPS) is 15.4. The summed E-state index contributed by atoms with van der Waals surface area (Å²) in [6.45, 7) is 13.2. The number of aryl methyl sites for hydroxylation is 2. The standard InChI is InChI=1S/C13H24N2S/c1-7-12(8(2)3)15-10(5)13-9(4)14-11(6)16-13/h8,10,12,15H,7H2,1-6H3. The van der Waals surface area contributed by atoms with Crippen molar-refractivity contribution >= 4 is 11.3 Å². The summed E-state index contributed by atoms with van der Waals surface area (Å²) >= 11 is 1.81. The maximum absolute atomic E-state index is 4.49. The molecule has 92 valence electrons. The first-order valence-electron chi connectivity index (χ1n) is 6.15. The molecule has 0 amide bonds. The topological polar surface area (TPSA) is 24.9 Å². The lowest BCUT2D eigenvalue weighted by Crippen LogP contribution is -2.35. The molecule has 3 heteroatoms. The van der Waals surface area contributed by atoms with E-state index in [1.54, 1.807) is 0 Å². The van der Waals surface area contributed by atoms with Gasteiger partial charge in [-0.25, -0.2) is 4.98 Å². The fraction of sp³-hybridized carbons (Fsp3) is 0.769. The Morgan fingerprint density at radius 3 is 2.25 bits per heavy atom. The van der Waals surface area contributed by atoms with E-state index >= 15 is 0 Å². The molecule has 1 heterocycles. The quantitative estimate of drug-likeness (QED) is 0.845. The van der Waals surface area contributed by atoms with E-state index in [0.29, 0.717) is 18.0 Å². The zero-order valence-electron chi connectivity index (χ0n) is 11.3. The molecule has 0 fully saturated rings. The monoisotopic (exact) mass is 240 g/mol. The van der Waals surface area contributed by atoms with Crippen molar-refractivity contribution in [3.8, 4) is 0 Å². The molecule has 0 aromatic carbocycles. The average Bonchev–Trinajstić information content (AvgIpc) is 2.53. The summed E-state index contributed by atoms with van der Waals surface area (Å²) in [6.07, 6.45) is 1.18. The van der Waals surface area contributed by atoms with Crippen LogP contribution >= 0.6 is 11.3 Å². The van der Waals surface area contributed by atoms with Crippen LogP contribution < -0.4 is 5.32 Å². The molecule has 1 aromatic rings. The van der Waals surface area contributed by atoms with Crippen molar-refractivity contribution < 1.29 is 0 Å². The van der Waals surface area contributed by atoms with Crippen molar-refractivity contribution in [2.24, 2.45) is 5.92 Å². The Morgan fingerprint density at radius 1 is 1.25 bits per heavy atom. The Morgan fingerprint density at radius 2 is 1.88 bits per heavy atom. The smallest absolute Gasteiger partial charge is 0.0900 e. The van der Waals surface area contributed by atoms with E-state index in [2.05, 4.69) is 51.8 Å². The van der Waals surface area contributed by atoms with Gasteiger partial charge in [-0.2, -0.15) is 0 Å². The summed E-state index contributed by atoms with van der Waals surface area (Å²) in [5, 5.41) is 4.87. The molecule has 0 radical (unpaired) electrons. The number of hydrogen-bond acceptors (Lipinski definition) is 3. The molecule has 0 bridgehead atoms. The van der Waals surface area contributed by atoms with Crippen molar-refractivity contribution in [1.82, 2.24) is 10.3 Å². The van der Waals surface area contributed by atoms with Crippen LogP contribution in [-0.2, 0) is 0 Å². The molecule has 2 atom stereocenters. The number of nitrogens with one attached hydrogen (secondary N) is 1. The second kappa shape index (κ2) is 5.78. The first kappa shape index (κ1) is 13.7. The van der Waals surface area contributed by atoms with Crippen LogP contribution in [0.1, 0.15) is 55.7 Å². The molecule has 1 rings (SSSR count). The van der Waals surface area contributed by atoms with E-state index in [1.807, 2.05) is 11.3 Å². The van der Waals surface area contributed by atoms with Gasteiger partial charge in [-0.1, -0.05) is 20.8 Å². The highest BCUT2D eigenvalue weighted by molar-refractivity contribution is 7.11. The van der Waals surface area contributed by atoms with Crippen molar-refractivity contribution in [2.45, 2.75) is 60.0 Å². The van der Waals surface area contributed by atoms with Crippen LogP contribution in [0.15, 0.2) is 0 Å². The van der Waals surface area contributed by atoms with Crippen molar-refractivity contribution in [1.29, 1.82) is 0 Å². The molecule has 1 aromatic heterocycles. The van der Waals surface area contributed by atoms with Crippen LogP contribution in [0.5, 0.6) is 0 Å². The molecular formula is C13H24N2S. The summed E-state index contributed by atoms with van der Waals surface area (Å²) in [6, 6.07) is 1.01. The van der Waals surface area contributed by atoms with E-state index in [9.17, 15) is 0 Å². The minimum atomic E-state index is 0.415. The largest absolute Gasteiger partial charge is 0.306 e. The van der Waals surface area contributed by atoms with Gasteiger partial charge in [0.05, 0.1) is 10.7 Å². The van der Waals surface area contributed by atoms with E-state index in [-0.39, 0.29) is 0 Å². The molecular weight excluding hydrogens is 216 g/mol. The fourth-order valence-electron chi connectivity index (χ4n) is 2.13. The zero-order valence-corrected chi connectivity index (χ0v) is 12.1. The third-order valence-electron chi connectivity index (χ3n) is 3.04. The van der Waals surface area contributed by atoms with Gasteiger partial charge >= 0.3 is 0 Å². The van der Waals surface area contributed by atoms with Gasteiger partial charge in [-0.05, 0) is 33.1 Å². The number of rotatable bonds is 5. The zero-order chi connectivity index (χ0) is 12.3. The van der Waals surface area contributed by atoms with Gasteiger partial charge in [0.1, 0.15) is 0 Å². The second-order valence-corrected chi connectivity index (χ2v) is 6.06. The minimum absolute atomic E-state index is 0.415. The average molecular weight is 240 g/mol. The lowest BCUT2D eigenvalue weighted by molar-refractivity contribution is 0.357. The Bertz CT molecular complexity index is 331.